The van der Waals surface area contributed by atoms with Crippen molar-refractivity contribution in [2.24, 2.45) is 5.84 Å². The summed E-state index contributed by atoms with van der Waals surface area (Å²) in [5, 5.41) is 0. The molecule has 2 rings (SSSR count). The fourth-order valence-corrected chi connectivity index (χ4v) is 1.73. The zero-order valence-corrected chi connectivity index (χ0v) is 11.8. The van der Waals surface area contributed by atoms with Crippen LogP contribution >= 0.6 is 0 Å². The first-order valence-electron chi connectivity index (χ1n) is 6.33. The fraction of sp³-hybridized carbons (Fsp3) is 0.286. The molecule has 1 aromatic heterocycles. The summed E-state index contributed by atoms with van der Waals surface area (Å²) in [6, 6.07) is 7.33. The number of nitrogens with one attached hydrogen (secondary N) is 1. The van der Waals surface area contributed by atoms with Gasteiger partial charge in [0.15, 0.2) is 11.5 Å². The van der Waals surface area contributed by atoms with E-state index in [1.807, 2.05) is 32.0 Å². The number of aryl methyl sites for hydroxylation is 2. The zero-order chi connectivity index (χ0) is 14.5. The van der Waals surface area contributed by atoms with E-state index in [2.05, 4.69) is 15.4 Å². The first kappa shape index (κ1) is 14.1. The third kappa shape index (κ3) is 3.16. The maximum absolute atomic E-state index is 5.77. The Bertz CT molecular complexity index is 579. The lowest BCUT2D eigenvalue weighted by atomic mass is 10.2. The van der Waals surface area contributed by atoms with Gasteiger partial charge >= 0.3 is 0 Å². The number of nitrogen functional groups attached to an aromatic ring is 1. The van der Waals surface area contributed by atoms with E-state index in [9.17, 15) is 0 Å². The quantitative estimate of drug-likeness (QED) is 0.643. The third-order valence-electron chi connectivity index (χ3n) is 2.75. The molecule has 0 aliphatic heterocycles. The molecule has 106 valence electrons. The van der Waals surface area contributed by atoms with Gasteiger partial charge in [0, 0.05) is 12.5 Å². The van der Waals surface area contributed by atoms with Crippen LogP contribution in [0.25, 0.3) is 0 Å². The summed E-state index contributed by atoms with van der Waals surface area (Å²) < 4.78 is 11.1. The lowest BCUT2D eigenvalue weighted by molar-refractivity contribution is 0.373. The first-order valence-corrected chi connectivity index (χ1v) is 6.33. The Kier molecular flexibility index (Phi) is 4.37. The van der Waals surface area contributed by atoms with Gasteiger partial charge in [-0.2, -0.15) is 4.98 Å². The van der Waals surface area contributed by atoms with Crippen molar-refractivity contribution in [1.82, 2.24) is 9.97 Å². The van der Waals surface area contributed by atoms with Gasteiger partial charge in [-0.05, 0) is 24.6 Å². The maximum atomic E-state index is 5.77. The Morgan fingerprint density at radius 3 is 2.65 bits per heavy atom. The number of rotatable bonds is 5. The van der Waals surface area contributed by atoms with Crippen LogP contribution in [0.3, 0.4) is 0 Å². The van der Waals surface area contributed by atoms with Crippen molar-refractivity contribution < 1.29 is 9.47 Å². The molecule has 0 bridgehead atoms. The van der Waals surface area contributed by atoms with Crippen molar-refractivity contribution in [3.05, 3.63) is 35.7 Å². The summed E-state index contributed by atoms with van der Waals surface area (Å²) in [7, 11) is 1.60. The summed E-state index contributed by atoms with van der Waals surface area (Å²) in [5.41, 5.74) is 3.60. The van der Waals surface area contributed by atoms with Gasteiger partial charge in [-0.3, -0.25) is 0 Å². The molecule has 0 amide bonds. The molecular formula is C14H18N4O2. The Labute approximate surface area is 117 Å². The predicted octanol–water partition coefficient (Wildman–Crippen LogP) is 2.43. The molecule has 6 nitrogen and oxygen atoms in total. The highest BCUT2D eigenvalue weighted by Gasteiger charge is 2.09. The van der Waals surface area contributed by atoms with Crippen molar-refractivity contribution in [2.75, 3.05) is 12.5 Å². The average molecular weight is 274 g/mol. The van der Waals surface area contributed by atoms with Gasteiger partial charge in [-0.1, -0.05) is 13.0 Å². The average Bonchev–Trinajstić information content (AvgIpc) is 2.48. The third-order valence-corrected chi connectivity index (χ3v) is 2.75. The first-order chi connectivity index (χ1) is 9.66. The van der Waals surface area contributed by atoms with Crippen LogP contribution in [0.1, 0.15) is 18.3 Å². The van der Waals surface area contributed by atoms with Crippen molar-refractivity contribution in [1.29, 1.82) is 0 Å². The standard InChI is InChI=1S/C14H18N4O2/c1-4-12-16-13(18-15)8-14(17-12)20-10-6-5-9(2)7-11(10)19-3/h5-8H,4,15H2,1-3H3,(H,16,17,18). The van der Waals surface area contributed by atoms with Crippen LogP contribution in [0.4, 0.5) is 5.82 Å². The minimum atomic E-state index is 0.423. The van der Waals surface area contributed by atoms with Crippen LogP contribution in [0.15, 0.2) is 24.3 Å². The van der Waals surface area contributed by atoms with Crippen LogP contribution < -0.4 is 20.7 Å². The monoisotopic (exact) mass is 274 g/mol. The van der Waals surface area contributed by atoms with Gasteiger partial charge in [0.05, 0.1) is 7.11 Å². The van der Waals surface area contributed by atoms with E-state index < -0.39 is 0 Å². The van der Waals surface area contributed by atoms with Gasteiger partial charge in [0.1, 0.15) is 11.6 Å². The van der Waals surface area contributed by atoms with Crippen molar-refractivity contribution in [3.63, 3.8) is 0 Å². The number of hydrogen-bond acceptors (Lipinski definition) is 6. The lowest BCUT2D eigenvalue weighted by Crippen LogP contribution is -2.10. The highest BCUT2D eigenvalue weighted by molar-refractivity contribution is 5.46. The largest absolute Gasteiger partial charge is 0.493 e. The second-order valence-electron chi connectivity index (χ2n) is 4.26. The number of hydrogen-bond donors (Lipinski definition) is 2. The molecule has 0 unspecified atom stereocenters. The molecule has 1 heterocycles. The minimum absolute atomic E-state index is 0.423. The molecule has 1 aromatic carbocycles. The molecule has 0 radical (unpaired) electrons. The molecule has 6 heteroatoms. The molecule has 0 aliphatic carbocycles. The fourth-order valence-electron chi connectivity index (χ4n) is 1.73. The van der Waals surface area contributed by atoms with E-state index in [0.717, 1.165) is 5.56 Å². The van der Waals surface area contributed by atoms with Crippen LogP contribution in [0, 0.1) is 6.92 Å². The number of ether oxygens (including phenoxy) is 2. The van der Waals surface area contributed by atoms with Crippen molar-refractivity contribution in [3.8, 4) is 17.4 Å². The Morgan fingerprint density at radius 1 is 1.20 bits per heavy atom. The second kappa shape index (κ2) is 6.21. The molecule has 0 saturated heterocycles. The number of methoxy groups -OCH3 is 1. The van der Waals surface area contributed by atoms with E-state index in [1.165, 1.54) is 0 Å². The molecule has 0 spiro atoms. The number of nitrogens with two attached hydrogens (primary N) is 1. The predicted molar refractivity (Wildman–Crippen MR) is 77.0 cm³/mol. The van der Waals surface area contributed by atoms with E-state index >= 15 is 0 Å². The summed E-state index contributed by atoms with van der Waals surface area (Å²) in [5.74, 6) is 8.24. The van der Waals surface area contributed by atoms with Gasteiger partial charge in [-0.15, -0.1) is 0 Å². The number of nitrogens with zero attached hydrogens (tertiary/aromatic N) is 2. The highest BCUT2D eigenvalue weighted by atomic mass is 16.5. The van der Waals surface area contributed by atoms with Gasteiger partial charge < -0.3 is 14.9 Å². The summed E-state index contributed by atoms with van der Waals surface area (Å²) in [6.07, 6.45) is 0.691. The number of anilines is 1. The van der Waals surface area contributed by atoms with Crippen LogP contribution in [0.5, 0.6) is 17.4 Å². The molecular weight excluding hydrogens is 256 g/mol. The molecule has 20 heavy (non-hydrogen) atoms. The number of aromatic nitrogens is 2. The number of hydrazine groups is 1. The SMILES string of the molecule is CCc1nc(NN)cc(Oc2ccc(C)cc2OC)n1. The van der Waals surface area contributed by atoms with Crippen LogP contribution in [0.2, 0.25) is 0 Å². The van der Waals surface area contributed by atoms with Gasteiger partial charge in [0.25, 0.3) is 0 Å². The molecule has 0 atom stereocenters. The minimum Gasteiger partial charge on any atom is -0.493 e. The molecule has 2 aromatic rings. The summed E-state index contributed by atoms with van der Waals surface area (Å²) >= 11 is 0. The molecule has 0 fully saturated rings. The molecule has 3 N–H and O–H groups in total. The topological polar surface area (TPSA) is 82.3 Å². The van der Waals surface area contributed by atoms with E-state index in [4.69, 9.17) is 15.3 Å². The zero-order valence-electron chi connectivity index (χ0n) is 11.8. The Balaban J connectivity index is 2.34. The maximum Gasteiger partial charge on any atom is 0.224 e. The normalized spacial score (nSPS) is 10.2. The number of benzene rings is 1. The lowest BCUT2D eigenvalue weighted by Gasteiger charge is -2.11. The summed E-state index contributed by atoms with van der Waals surface area (Å²) in [6.45, 7) is 3.95. The van der Waals surface area contributed by atoms with Crippen molar-refractivity contribution in [2.45, 2.75) is 20.3 Å². The van der Waals surface area contributed by atoms with Gasteiger partial charge in [0.2, 0.25) is 5.88 Å². The highest BCUT2D eigenvalue weighted by Crippen LogP contribution is 2.31. The smallest absolute Gasteiger partial charge is 0.224 e. The Hall–Kier alpha value is -2.34. The van der Waals surface area contributed by atoms with Crippen LogP contribution in [-0.2, 0) is 6.42 Å². The van der Waals surface area contributed by atoms with E-state index in [0.29, 0.717) is 35.4 Å². The Morgan fingerprint density at radius 2 is 2.00 bits per heavy atom. The molecule has 0 aliphatic rings. The molecule has 0 saturated carbocycles. The van der Waals surface area contributed by atoms with E-state index in [-0.39, 0.29) is 0 Å². The van der Waals surface area contributed by atoms with E-state index in [1.54, 1.807) is 13.2 Å². The summed E-state index contributed by atoms with van der Waals surface area (Å²) in [4.78, 5) is 8.52. The van der Waals surface area contributed by atoms with Crippen molar-refractivity contribution >= 4 is 5.82 Å². The van der Waals surface area contributed by atoms with Gasteiger partial charge in [-0.25, -0.2) is 10.8 Å². The second-order valence-corrected chi connectivity index (χ2v) is 4.26. The van der Waals surface area contributed by atoms with Crippen LogP contribution in [-0.4, -0.2) is 17.1 Å².